The summed E-state index contributed by atoms with van der Waals surface area (Å²) in [5.41, 5.74) is 1.82. The molecule has 5 heteroatoms. The fourth-order valence-corrected chi connectivity index (χ4v) is 2.31. The van der Waals surface area contributed by atoms with Crippen LogP contribution in [0, 0.1) is 0 Å². The van der Waals surface area contributed by atoms with Gasteiger partial charge in [-0.2, -0.15) is 0 Å². The number of nitrogens with one attached hydrogen (secondary N) is 1. The maximum absolute atomic E-state index is 11.9. The molecule has 0 aliphatic carbocycles. The molecule has 3 rings (SSSR count). The summed E-state index contributed by atoms with van der Waals surface area (Å²) in [6.45, 7) is 1.16. The molecule has 2 heterocycles. The SMILES string of the molecule is O=C(C=Cc1ccccc1)NCCn1ccnc1-c1ccccn1. The van der Waals surface area contributed by atoms with Crippen LogP contribution in [0.15, 0.2) is 73.2 Å². The summed E-state index contributed by atoms with van der Waals surface area (Å²) in [4.78, 5) is 20.5. The van der Waals surface area contributed by atoms with Crippen LogP contribution in [0.4, 0.5) is 0 Å². The minimum absolute atomic E-state index is 0.113. The van der Waals surface area contributed by atoms with Gasteiger partial charge in [0.15, 0.2) is 5.82 Å². The summed E-state index contributed by atoms with van der Waals surface area (Å²) in [5.74, 6) is 0.683. The molecule has 0 aliphatic heterocycles. The number of aromatic nitrogens is 3. The van der Waals surface area contributed by atoms with Gasteiger partial charge in [-0.3, -0.25) is 9.78 Å². The Morgan fingerprint density at radius 2 is 1.88 bits per heavy atom. The molecule has 0 radical (unpaired) electrons. The highest BCUT2D eigenvalue weighted by atomic mass is 16.1. The van der Waals surface area contributed by atoms with Gasteiger partial charge in [0.1, 0.15) is 5.69 Å². The van der Waals surface area contributed by atoms with E-state index in [0.29, 0.717) is 13.1 Å². The normalized spacial score (nSPS) is 10.8. The fourth-order valence-electron chi connectivity index (χ4n) is 2.31. The van der Waals surface area contributed by atoms with Crippen LogP contribution in [0.25, 0.3) is 17.6 Å². The van der Waals surface area contributed by atoms with Crippen molar-refractivity contribution in [1.29, 1.82) is 0 Å². The highest BCUT2D eigenvalue weighted by molar-refractivity contribution is 5.91. The van der Waals surface area contributed by atoms with Crippen molar-refractivity contribution < 1.29 is 4.79 Å². The number of rotatable bonds is 6. The van der Waals surface area contributed by atoms with Gasteiger partial charge in [-0.15, -0.1) is 0 Å². The Bertz CT molecular complexity index is 810. The van der Waals surface area contributed by atoms with E-state index in [9.17, 15) is 4.79 Å². The lowest BCUT2D eigenvalue weighted by Gasteiger charge is -2.07. The van der Waals surface area contributed by atoms with E-state index in [2.05, 4.69) is 15.3 Å². The summed E-state index contributed by atoms with van der Waals surface area (Å²) in [6, 6.07) is 15.4. The first-order valence-electron chi connectivity index (χ1n) is 7.76. The van der Waals surface area contributed by atoms with Crippen molar-refractivity contribution in [2.45, 2.75) is 6.54 Å². The molecule has 1 N–H and O–H groups in total. The minimum Gasteiger partial charge on any atom is -0.351 e. The van der Waals surface area contributed by atoms with Gasteiger partial charge >= 0.3 is 0 Å². The molecule has 0 saturated carbocycles. The molecule has 120 valence electrons. The van der Waals surface area contributed by atoms with E-state index < -0.39 is 0 Å². The molecule has 3 aromatic rings. The first-order chi connectivity index (χ1) is 11.8. The number of hydrogen-bond donors (Lipinski definition) is 1. The highest BCUT2D eigenvalue weighted by Gasteiger charge is 2.06. The minimum atomic E-state index is -0.113. The Labute approximate surface area is 140 Å². The smallest absolute Gasteiger partial charge is 0.244 e. The monoisotopic (exact) mass is 318 g/mol. The lowest BCUT2D eigenvalue weighted by molar-refractivity contribution is -0.116. The Morgan fingerprint density at radius 1 is 1.04 bits per heavy atom. The summed E-state index contributed by atoms with van der Waals surface area (Å²) < 4.78 is 1.98. The lowest BCUT2D eigenvalue weighted by Crippen LogP contribution is -2.25. The van der Waals surface area contributed by atoms with E-state index in [1.54, 1.807) is 24.5 Å². The number of carbonyl (C=O) groups excluding carboxylic acids is 1. The second kappa shape index (κ2) is 7.87. The molecule has 5 nitrogen and oxygen atoms in total. The van der Waals surface area contributed by atoms with Gasteiger partial charge in [0.2, 0.25) is 5.91 Å². The van der Waals surface area contributed by atoms with Gasteiger partial charge in [0.25, 0.3) is 0 Å². The summed E-state index contributed by atoms with van der Waals surface area (Å²) >= 11 is 0. The van der Waals surface area contributed by atoms with Crippen LogP contribution >= 0.6 is 0 Å². The van der Waals surface area contributed by atoms with Crippen LogP contribution in [-0.2, 0) is 11.3 Å². The zero-order chi connectivity index (χ0) is 16.6. The van der Waals surface area contributed by atoms with Crippen molar-refractivity contribution in [3.63, 3.8) is 0 Å². The molecule has 0 saturated heterocycles. The largest absolute Gasteiger partial charge is 0.351 e. The Kier molecular flexibility index (Phi) is 5.14. The van der Waals surface area contributed by atoms with Gasteiger partial charge in [0.05, 0.1) is 0 Å². The predicted octanol–water partition coefficient (Wildman–Crippen LogP) is 2.77. The number of imidazole rings is 1. The van der Waals surface area contributed by atoms with Crippen LogP contribution in [0.2, 0.25) is 0 Å². The molecular weight excluding hydrogens is 300 g/mol. The van der Waals surface area contributed by atoms with E-state index in [0.717, 1.165) is 17.1 Å². The summed E-state index contributed by atoms with van der Waals surface area (Å²) in [7, 11) is 0. The molecule has 0 aliphatic rings. The molecule has 24 heavy (non-hydrogen) atoms. The number of carbonyl (C=O) groups is 1. The lowest BCUT2D eigenvalue weighted by atomic mass is 10.2. The van der Waals surface area contributed by atoms with Crippen molar-refractivity contribution >= 4 is 12.0 Å². The molecule has 0 atom stereocenters. The molecule has 2 aromatic heterocycles. The Hall–Kier alpha value is -3.21. The fraction of sp³-hybridized carbons (Fsp3) is 0.105. The molecule has 0 spiro atoms. The first-order valence-corrected chi connectivity index (χ1v) is 7.76. The molecule has 0 fully saturated rings. The zero-order valence-electron chi connectivity index (χ0n) is 13.2. The van der Waals surface area contributed by atoms with Gasteiger partial charge in [-0.25, -0.2) is 4.98 Å². The van der Waals surface area contributed by atoms with Gasteiger partial charge < -0.3 is 9.88 Å². The number of amides is 1. The van der Waals surface area contributed by atoms with Crippen molar-refractivity contribution in [3.05, 3.63) is 78.8 Å². The van der Waals surface area contributed by atoms with Crippen LogP contribution in [0.5, 0.6) is 0 Å². The number of nitrogens with zero attached hydrogens (tertiary/aromatic N) is 3. The molecular formula is C19H18N4O. The number of benzene rings is 1. The zero-order valence-corrected chi connectivity index (χ0v) is 13.2. The molecule has 1 aromatic carbocycles. The van der Waals surface area contributed by atoms with Crippen molar-refractivity contribution in [2.24, 2.45) is 0 Å². The molecule has 1 amide bonds. The summed E-state index contributed by atoms with van der Waals surface area (Å²) in [6.07, 6.45) is 8.70. The third-order valence-electron chi connectivity index (χ3n) is 3.49. The van der Waals surface area contributed by atoms with Gasteiger partial charge in [0, 0.05) is 37.8 Å². The third-order valence-corrected chi connectivity index (χ3v) is 3.49. The molecule has 0 bridgehead atoms. The Morgan fingerprint density at radius 3 is 2.67 bits per heavy atom. The highest BCUT2D eigenvalue weighted by Crippen LogP contribution is 2.13. The van der Waals surface area contributed by atoms with Crippen LogP contribution in [0.3, 0.4) is 0 Å². The van der Waals surface area contributed by atoms with Crippen molar-refractivity contribution in [1.82, 2.24) is 19.9 Å². The van der Waals surface area contributed by atoms with Crippen LogP contribution in [-0.4, -0.2) is 27.0 Å². The first kappa shape index (κ1) is 15.7. The maximum Gasteiger partial charge on any atom is 0.244 e. The quantitative estimate of drug-likeness (QED) is 0.711. The van der Waals surface area contributed by atoms with Gasteiger partial charge in [-0.05, 0) is 23.8 Å². The van der Waals surface area contributed by atoms with E-state index >= 15 is 0 Å². The van der Waals surface area contributed by atoms with Crippen LogP contribution < -0.4 is 5.32 Å². The van der Waals surface area contributed by atoms with Crippen molar-refractivity contribution in [3.8, 4) is 11.5 Å². The second-order valence-electron chi connectivity index (χ2n) is 5.19. The van der Waals surface area contributed by atoms with Crippen LogP contribution in [0.1, 0.15) is 5.56 Å². The van der Waals surface area contributed by atoms with E-state index in [4.69, 9.17) is 0 Å². The van der Waals surface area contributed by atoms with E-state index in [-0.39, 0.29) is 5.91 Å². The average Bonchev–Trinajstić information content (AvgIpc) is 3.10. The predicted molar refractivity (Wildman–Crippen MR) is 93.9 cm³/mol. The number of pyridine rings is 1. The standard InChI is InChI=1S/C19H18N4O/c24-18(10-9-16-6-2-1-3-7-16)21-12-14-23-15-13-22-19(23)17-8-4-5-11-20-17/h1-11,13,15H,12,14H2,(H,21,24). The topological polar surface area (TPSA) is 59.8 Å². The van der Waals surface area contributed by atoms with Crippen molar-refractivity contribution in [2.75, 3.05) is 6.54 Å². The number of hydrogen-bond acceptors (Lipinski definition) is 3. The maximum atomic E-state index is 11.9. The third kappa shape index (κ3) is 4.16. The Balaban J connectivity index is 1.53. The second-order valence-corrected chi connectivity index (χ2v) is 5.19. The van der Waals surface area contributed by atoms with Gasteiger partial charge in [-0.1, -0.05) is 36.4 Å². The average molecular weight is 318 g/mol. The van der Waals surface area contributed by atoms with E-state index in [1.165, 1.54) is 0 Å². The van der Waals surface area contributed by atoms with E-state index in [1.807, 2.05) is 59.3 Å². The summed E-state index contributed by atoms with van der Waals surface area (Å²) in [5, 5.41) is 2.88. The molecule has 0 unspecified atom stereocenters.